The molecule has 2 fully saturated rings. The van der Waals surface area contributed by atoms with E-state index in [2.05, 4.69) is 27.7 Å². The first-order chi connectivity index (χ1) is 8.15. The van der Waals surface area contributed by atoms with E-state index in [0.717, 1.165) is 19.3 Å². The summed E-state index contributed by atoms with van der Waals surface area (Å²) >= 11 is 0. The van der Waals surface area contributed by atoms with Crippen LogP contribution in [0.5, 0.6) is 0 Å². The molecule has 0 bridgehead atoms. The van der Waals surface area contributed by atoms with Gasteiger partial charge in [-0.2, -0.15) is 0 Å². The summed E-state index contributed by atoms with van der Waals surface area (Å²) in [5, 5.41) is 0. The van der Waals surface area contributed by atoms with Crippen LogP contribution in [0.2, 0.25) is 0 Å². The van der Waals surface area contributed by atoms with Crippen molar-refractivity contribution in [1.29, 1.82) is 0 Å². The zero-order valence-corrected chi connectivity index (χ0v) is 12.4. The van der Waals surface area contributed by atoms with Crippen molar-refractivity contribution < 1.29 is 9.53 Å². The standard InChI is InChI=1S/C15H27NO2/c1-10(16)18-12-7-9-15(5)13(2,3)11(17)6-8-14(12,15)4/h10,12H,6-9,16H2,1-5H3. The van der Waals surface area contributed by atoms with Crippen molar-refractivity contribution in [2.75, 3.05) is 0 Å². The first kappa shape index (κ1) is 14.0. The molecule has 18 heavy (non-hydrogen) atoms. The molecule has 0 spiro atoms. The van der Waals surface area contributed by atoms with Gasteiger partial charge in [0, 0.05) is 17.3 Å². The van der Waals surface area contributed by atoms with Gasteiger partial charge < -0.3 is 10.5 Å². The lowest BCUT2D eigenvalue weighted by Crippen LogP contribution is -2.56. The second-order valence-electron chi connectivity index (χ2n) is 7.17. The van der Waals surface area contributed by atoms with Crippen molar-refractivity contribution in [3.8, 4) is 0 Å². The smallest absolute Gasteiger partial charge is 0.139 e. The maximum absolute atomic E-state index is 12.3. The first-order valence-electron chi connectivity index (χ1n) is 7.09. The van der Waals surface area contributed by atoms with E-state index in [1.54, 1.807) is 0 Å². The van der Waals surface area contributed by atoms with Crippen molar-refractivity contribution >= 4 is 5.78 Å². The Morgan fingerprint density at radius 2 is 1.89 bits per heavy atom. The van der Waals surface area contributed by atoms with Gasteiger partial charge in [0.05, 0.1) is 6.10 Å². The molecule has 2 aliphatic carbocycles. The highest BCUT2D eigenvalue weighted by molar-refractivity contribution is 5.86. The van der Waals surface area contributed by atoms with E-state index in [-0.39, 0.29) is 28.6 Å². The molecule has 0 aromatic rings. The van der Waals surface area contributed by atoms with E-state index in [0.29, 0.717) is 12.2 Å². The number of carbonyl (C=O) groups excluding carboxylic acids is 1. The molecule has 0 amide bonds. The van der Waals surface area contributed by atoms with Gasteiger partial charge in [0.25, 0.3) is 0 Å². The SMILES string of the molecule is CC(N)OC1CCC2(C)C(C)(C)C(=O)CCC12C. The fourth-order valence-electron chi connectivity index (χ4n) is 4.31. The summed E-state index contributed by atoms with van der Waals surface area (Å²) in [5.41, 5.74) is 5.64. The van der Waals surface area contributed by atoms with Crippen molar-refractivity contribution in [3.63, 3.8) is 0 Å². The number of hydrogen-bond acceptors (Lipinski definition) is 3. The van der Waals surface area contributed by atoms with Crippen LogP contribution in [-0.4, -0.2) is 18.1 Å². The second kappa shape index (κ2) is 4.04. The number of rotatable bonds is 2. The lowest BCUT2D eigenvalue weighted by atomic mass is 9.48. The van der Waals surface area contributed by atoms with Crippen molar-refractivity contribution in [2.45, 2.75) is 72.6 Å². The third kappa shape index (κ3) is 1.60. The summed E-state index contributed by atoms with van der Waals surface area (Å²) in [4.78, 5) is 12.3. The van der Waals surface area contributed by atoms with Gasteiger partial charge >= 0.3 is 0 Å². The molecule has 0 aromatic heterocycles. The number of Topliss-reactive ketones (excluding diaryl/α,β-unsaturated/α-hetero) is 1. The van der Waals surface area contributed by atoms with Crippen LogP contribution in [0.4, 0.5) is 0 Å². The Bertz CT molecular complexity index is 364. The zero-order valence-electron chi connectivity index (χ0n) is 12.4. The Morgan fingerprint density at radius 1 is 1.28 bits per heavy atom. The minimum atomic E-state index is -0.254. The number of ether oxygens (including phenoxy) is 1. The zero-order chi connectivity index (χ0) is 13.8. The Kier molecular flexibility index (Phi) is 3.14. The molecule has 0 saturated heterocycles. The summed E-state index contributed by atoms with van der Waals surface area (Å²) in [5.74, 6) is 0.406. The molecule has 2 aliphatic rings. The fourth-order valence-corrected chi connectivity index (χ4v) is 4.31. The predicted molar refractivity (Wildman–Crippen MR) is 72.0 cm³/mol. The minimum Gasteiger partial charge on any atom is -0.360 e. The molecule has 4 unspecified atom stereocenters. The number of nitrogens with two attached hydrogens (primary N) is 1. The molecular weight excluding hydrogens is 226 g/mol. The first-order valence-corrected chi connectivity index (χ1v) is 7.09. The summed E-state index contributed by atoms with van der Waals surface area (Å²) in [6.45, 7) is 10.7. The number of ketones is 1. The Hall–Kier alpha value is -0.410. The van der Waals surface area contributed by atoms with Crippen LogP contribution in [0.3, 0.4) is 0 Å². The molecular formula is C15H27NO2. The van der Waals surface area contributed by atoms with E-state index < -0.39 is 0 Å². The van der Waals surface area contributed by atoms with Crippen LogP contribution in [-0.2, 0) is 9.53 Å². The normalized spacial score (nSPS) is 44.8. The Morgan fingerprint density at radius 3 is 2.44 bits per heavy atom. The second-order valence-corrected chi connectivity index (χ2v) is 7.17. The van der Waals surface area contributed by atoms with Crippen molar-refractivity contribution in [2.24, 2.45) is 22.0 Å². The monoisotopic (exact) mass is 253 g/mol. The highest BCUT2D eigenvalue weighted by atomic mass is 16.5. The molecule has 3 heteroatoms. The van der Waals surface area contributed by atoms with E-state index >= 15 is 0 Å². The van der Waals surface area contributed by atoms with Crippen LogP contribution < -0.4 is 5.73 Å². The molecule has 0 radical (unpaired) electrons. The van der Waals surface area contributed by atoms with Gasteiger partial charge in [0.15, 0.2) is 0 Å². The van der Waals surface area contributed by atoms with Gasteiger partial charge in [-0.05, 0) is 31.6 Å². The minimum absolute atomic E-state index is 0.0227. The molecule has 0 aromatic carbocycles. The van der Waals surface area contributed by atoms with Crippen LogP contribution in [0.1, 0.15) is 60.3 Å². The molecule has 104 valence electrons. The van der Waals surface area contributed by atoms with Crippen LogP contribution >= 0.6 is 0 Å². The van der Waals surface area contributed by atoms with Gasteiger partial charge in [-0.15, -0.1) is 0 Å². The van der Waals surface area contributed by atoms with E-state index in [1.165, 1.54) is 0 Å². The fraction of sp³-hybridized carbons (Fsp3) is 0.933. The maximum Gasteiger partial charge on any atom is 0.139 e. The third-order valence-electron chi connectivity index (χ3n) is 6.20. The van der Waals surface area contributed by atoms with Crippen molar-refractivity contribution in [1.82, 2.24) is 0 Å². The van der Waals surface area contributed by atoms with Gasteiger partial charge in [0.2, 0.25) is 0 Å². The van der Waals surface area contributed by atoms with Gasteiger partial charge in [0.1, 0.15) is 12.0 Å². The van der Waals surface area contributed by atoms with E-state index in [1.807, 2.05) is 6.92 Å². The maximum atomic E-state index is 12.3. The highest BCUT2D eigenvalue weighted by Crippen LogP contribution is 2.67. The summed E-state index contributed by atoms with van der Waals surface area (Å²) in [6.07, 6.45) is 3.65. The predicted octanol–water partition coefficient (Wildman–Crippen LogP) is 2.87. The Balaban J connectivity index is 2.37. The summed E-state index contributed by atoms with van der Waals surface area (Å²) < 4.78 is 5.94. The van der Waals surface area contributed by atoms with Gasteiger partial charge in [-0.3, -0.25) is 4.79 Å². The van der Waals surface area contributed by atoms with Crippen LogP contribution in [0.15, 0.2) is 0 Å². The number of fused-ring (bicyclic) bond motifs is 1. The van der Waals surface area contributed by atoms with E-state index in [9.17, 15) is 4.79 Å². The lowest BCUT2D eigenvalue weighted by Gasteiger charge is -2.56. The van der Waals surface area contributed by atoms with Crippen LogP contribution in [0.25, 0.3) is 0 Å². The van der Waals surface area contributed by atoms with E-state index in [4.69, 9.17) is 10.5 Å². The molecule has 0 aliphatic heterocycles. The molecule has 2 N–H and O–H groups in total. The van der Waals surface area contributed by atoms with Gasteiger partial charge in [-0.1, -0.05) is 27.7 Å². The largest absolute Gasteiger partial charge is 0.360 e. The van der Waals surface area contributed by atoms with Gasteiger partial charge in [-0.25, -0.2) is 0 Å². The van der Waals surface area contributed by atoms with Crippen molar-refractivity contribution in [3.05, 3.63) is 0 Å². The molecule has 4 atom stereocenters. The highest BCUT2D eigenvalue weighted by Gasteiger charge is 2.65. The average molecular weight is 253 g/mol. The molecule has 0 heterocycles. The topological polar surface area (TPSA) is 52.3 Å². The summed E-state index contributed by atoms with van der Waals surface area (Å²) in [6, 6.07) is 0. The quantitative estimate of drug-likeness (QED) is 0.770. The molecule has 2 rings (SSSR count). The lowest BCUT2D eigenvalue weighted by molar-refractivity contribution is -0.163. The molecule has 3 nitrogen and oxygen atoms in total. The molecule has 2 saturated carbocycles. The number of carbonyl (C=O) groups is 1. The summed E-state index contributed by atoms with van der Waals surface area (Å²) in [7, 11) is 0. The average Bonchev–Trinajstić information content (AvgIpc) is 2.51. The Labute approximate surface area is 110 Å². The number of hydrogen-bond donors (Lipinski definition) is 1. The third-order valence-corrected chi connectivity index (χ3v) is 6.20. The van der Waals surface area contributed by atoms with Crippen LogP contribution in [0, 0.1) is 16.2 Å².